The number of thiazole rings is 1. The Morgan fingerprint density at radius 2 is 2.16 bits per heavy atom. The maximum atomic E-state index is 11.2. The van der Waals surface area contributed by atoms with Crippen molar-refractivity contribution >= 4 is 22.3 Å². The normalized spacial score (nSPS) is 10.7. The van der Waals surface area contributed by atoms with Gasteiger partial charge < -0.3 is 9.84 Å². The molecule has 0 radical (unpaired) electrons. The van der Waals surface area contributed by atoms with Crippen molar-refractivity contribution in [3.05, 3.63) is 53.3 Å². The van der Waals surface area contributed by atoms with Gasteiger partial charge in [-0.1, -0.05) is 29.5 Å². The number of carboxylic acids is 1. The second kappa shape index (κ2) is 4.74. The molecule has 3 aromatic rings. The van der Waals surface area contributed by atoms with Crippen molar-refractivity contribution in [1.82, 2.24) is 9.38 Å². The second-order valence-corrected chi connectivity index (χ2v) is 4.84. The summed E-state index contributed by atoms with van der Waals surface area (Å²) in [5, 5.41) is 9.20. The highest BCUT2D eigenvalue weighted by atomic mass is 32.1. The van der Waals surface area contributed by atoms with Gasteiger partial charge in [0.1, 0.15) is 17.2 Å². The van der Waals surface area contributed by atoms with E-state index in [9.17, 15) is 9.90 Å². The third-order valence-electron chi connectivity index (χ3n) is 2.67. The van der Waals surface area contributed by atoms with Crippen LogP contribution in [-0.4, -0.2) is 20.5 Å². The first kappa shape index (κ1) is 11.7. The minimum atomic E-state index is -0.956. The van der Waals surface area contributed by atoms with E-state index in [1.807, 2.05) is 30.3 Å². The Kier molecular flexibility index (Phi) is 2.92. The molecule has 5 nitrogen and oxygen atoms in total. The van der Waals surface area contributed by atoms with Crippen LogP contribution in [0.3, 0.4) is 0 Å². The lowest BCUT2D eigenvalue weighted by molar-refractivity contribution is 0.0699. The average molecular weight is 274 g/mol. The van der Waals surface area contributed by atoms with Gasteiger partial charge in [0, 0.05) is 12.4 Å². The highest BCUT2D eigenvalue weighted by molar-refractivity contribution is 7.18. The van der Waals surface area contributed by atoms with Gasteiger partial charge in [0.25, 0.3) is 0 Å². The predicted molar refractivity (Wildman–Crippen MR) is 70.8 cm³/mol. The first-order valence-corrected chi connectivity index (χ1v) is 6.43. The zero-order chi connectivity index (χ0) is 13.2. The number of nitrogens with zero attached hydrogens (tertiary/aromatic N) is 2. The molecule has 2 aromatic heterocycles. The number of benzene rings is 1. The van der Waals surface area contributed by atoms with Crippen LogP contribution in [0.1, 0.15) is 15.4 Å². The summed E-state index contributed by atoms with van der Waals surface area (Å²) in [7, 11) is 0. The molecular formula is C13H10N2O3S. The van der Waals surface area contributed by atoms with E-state index >= 15 is 0 Å². The summed E-state index contributed by atoms with van der Waals surface area (Å²) < 4.78 is 7.36. The summed E-state index contributed by atoms with van der Waals surface area (Å²) in [5.41, 5.74) is 0.605. The lowest BCUT2D eigenvalue weighted by Gasteiger charge is -2.06. The minimum Gasteiger partial charge on any atom is -0.487 e. The van der Waals surface area contributed by atoms with Gasteiger partial charge in [-0.25, -0.2) is 9.78 Å². The zero-order valence-corrected chi connectivity index (χ0v) is 10.6. The molecule has 0 bridgehead atoms. The van der Waals surface area contributed by atoms with Gasteiger partial charge >= 0.3 is 5.97 Å². The molecule has 96 valence electrons. The van der Waals surface area contributed by atoms with E-state index in [1.165, 1.54) is 0 Å². The fraction of sp³-hybridized carbons (Fsp3) is 0.0769. The van der Waals surface area contributed by atoms with Crippen LogP contribution in [0.25, 0.3) is 4.96 Å². The van der Waals surface area contributed by atoms with E-state index < -0.39 is 5.97 Å². The number of hydrogen-bond acceptors (Lipinski definition) is 4. The number of aromatic carboxylic acids is 1. The fourth-order valence-corrected chi connectivity index (χ4v) is 2.73. The molecule has 0 unspecified atom stereocenters. The standard InChI is InChI=1S/C13H10N2O3S/c16-12(17)11-10(15-7-6-14-13(15)19-11)8-18-9-4-2-1-3-5-9/h1-7H,8H2,(H,16,17). The number of hydrogen-bond donors (Lipinski definition) is 1. The van der Waals surface area contributed by atoms with Crippen LogP contribution < -0.4 is 4.74 Å². The van der Waals surface area contributed by atoms with Gasteiger partial charge in [-0.05, 0) is 12.1 Å². The zero-order valence-electron chi connectivity index (χ0n) is 9.81. The average Bonchev–Trinajstić information content (AvgIpc) is 2.98. The molecule has 0 amide bonds. The van der Waals surface area contributed by atoms with Gasteiger partial charge in [0.05, 0.1) is 5.69 Å². The number of ether oxygens (including phenoxy) is 1. The Labute approximate surface area is 112 Å². The summed E-state index contributed by atoms with van der Waals surface area (Å²) in [6.07, 6.45) is 3.38. The summed E-state index contributed by atoms with van der Waals surface area (Å²) in [6.45, 7) is 0.196. The fourth-order valence-electron chi connectivity index (χ4n) is 1.80. The predicted octanol–water partition coefficient (Wildman–Crippen LogP) is 2.67. The van der Waals surface area contributed by atoms with E-state index in [0.717, 1.165) is 11.3 Å². The molecule has 0 atom stereocenters. The Morgan fingerprint density at radius 3 is 2.89 bits per heavy atom. The van der Waals surface area contributed by atoms with E-state index in [2.05, 4.69) is 4.98 Å². The third-order valence-corrected chi connectivity index (χ3v) is 3.77. The van der Waals surface area contributed by atoms with Crippen molar-refractivity contribution in [3.63, 3.8) is 0 Å². The number of carboxylic acid groups (broad SMARTS) is 1. The van der Waals surface area contributed by atoms with Gasteiger partial charge in [0.2, 0.25) is 0 Å². The lowest BCUT2D eigenvalue weighted by Crippen LogP contribution is -2.05. The molecule has 2 heterocycles. The van der Waals surface area contributed by atoms with E-state index in [4.69, 9.17) is 4.74 Å². The molecule has 0 aliphatic carbocycles. The number of para-hydroxylation sites is 1. The van der Waals surface area contributed by atoms with E-state index in [0.29, 0.717) is 16.4 Å². The van der Waals surface area contributed by atoms with Crippen LogP contribution >= 0.6 is 11.3 Å². The van der Waals surface area contributed by atoms with Crippen molar-refractivity contribution in [2.45, 2.75) is 6.61 Å². The highest BCUT2D eigenvalue weighted by Crippen LogP contribution is 2.24. The minimum absolute atomic E-state index is 0.196. The molecule has 0 saturated carbocycles. The molecule has 0 fully saturated rings. The lowest BCUT2D eigenvalue weighted by atomic mass is 10.3. The van der Waals surface area contributed by atoms with Crippen LogP contribution in [0.4, 0.5) is 0 Å². The maximum Gasteiger partial charge on any atom is 0.347 e. The SMILES string of the molecule is O=C(O)c1sc2nccn2c1COc1ccccc1. The van der Waals surface area contributed by atoms with Crippen LogP contribution in [0, 0.1) is 0 Å². The molecule has 0 spiro atoms. The van der Waals surface area contributed by atoms with Crippen molar-refractivity contribution in [2.24, 2.45) is 0 Å². The smallest absolute Gasteiger partial charge is 0.347 e. The van der Waals surface area contributed by atoms with E-state index in [1.54, 1.807) is 16.8 Å². The molecule has 3 rings (SSSR count). The van der Waals surface area contributed by atoms with Gasteiger partial charge in [-0.3, -0.25) is 4.40 Å². The Morgan fingerprint density at radius 1 is 1.37 bits per heavy atom. The molecule has 19 heavy (non-hydrogen) atoms. The maximum absolute atomic E-state index is 11.2. The van der Waals surface area contributed by atoms with Crippen LogP contribution in [0.15, 0.2) is 42.7 Å². The molecular weight excluding hydrogens is 264 g/mol. The Bertz CT molecular complexity index is 718. The van der Waals surface area contributed by atoms with Crippen molar-refractivity contribution in [1.29, 1.82) is 0 Å². The number of fused-ring (bicyclic) bond motifs is 1. The van der Waals surface area contributed by atoms with Crippen molar-refractivity contribution in [2.75, 3.05) is 0 Å². The monoisotopic (exact) mass is 274 g/mol. The molecule has 0 aliphatic rings. The first-order chi connectivity index (χ1) is 9.25. The van der Waals surface area contributed by atoms with Gasteiger partial charge in [-0.15, -0.1) is 0 Å². The summed E-state index contributed by atoms with van der Waals surface area (Å²) in [6, 6.07) is 9.30. The summed E-state index contributed by atoms with van der Waals surface area (Å²) in [5.74, 6) is -0.250. The number of rotatable bonds is 4. The molecule has 1 N–H and O–H groups in total. The Hall–Kier alpha value is -2.34. The van der Waals surface area contributed by atoms with Crippen LogP contribution in [-0.2, 0) is 6.61 Å². The molecule has 1 aromatic carbocycles. The molecule has 6 heteroatoms. The summed E-state index contributed by atoms with van der Waals surface area (Å²) in [4.78, 5) is 16.2. The van der Waals surface area contributed by atoms with Crippen molar-refractivity contribution in [3.8, 4) is 5.75 Å². The first-order valence-electron chi connectivity index (χ1n) is 5.61. The quantitative estimate of drug-likeness (QED) is 0.794. The van der Waals surface area contributed by atoms with Gasteiger partial charge in [-0.2, -0.15) is 0 Å². The number of carbonyl (C=O) groups is 1. The van der Waals surface area contributed by atoms with Gasteiger partial charge in [0.15, 0.2) is 4.96 Å². The molecule has 0 saturated heterocycles. The highest BCUT2D eigenvalue weighted by Gasteiger charge is 2.18. The van der Waals surface area contributed by atoms with Crippen molar-refractivity contribution < 1.29 is 14.6 Å². The Balaban J connectivity index is 1.92. The third kappa shape index (κ3) is 2.17. The largest absolute Gasteiger partial charge is 0.487 e. The summed E-state index contributed by atoms with van der Waals surface area (Å²) >= 11 is 1.15. The topological polar surface area (TPSA) is 63.8 Å². The number of aromatic nitrogens is 2. The molecule has 0 aliphatic heterocycles. The number of imidazole rings is 1. The van der Waals surface area contributed by atoms with Crippen LogP contribution in [0.5, 0.6) is 5.75 Å². The van der Waals surface area contributed by atoms with E-state index in [-0.39, 0.29) is 11.5 Å². The second-order valence-electron chi connectivity index (χ2n) is 3.86. The van der Waals surface area contributed by atoms with Crippen LogP contribution in [0.2, 0.25) is 0 Å².